The van der Waals surface area contributed by atoms with Crippen molar-refractivity contribution in [2.75, 3.05) is 7.05 Å². The van der Waals surface area contributed by atoms with Crippen molar-refractivity contribution in [3.05, 3.63) is 57.0 Å². The molecule has 2 rings (SSSR count). The average molecular weight is 257 g/mol. The monoisotopic (exact) mass is 257 g/mol. The first-order valence-electron chi connectivity index (χ1n) is 6.35. The molecule has 19 heavy (non-hydrogen) atoms. The maximum absolute atomic E-state index is 11.9. The summed E-state index contributed by atoms with van der Waals surface area (Å²) in [5.74, 6) is 0. The highest BCUT2D eigenvalue weighted by molar-refractivity contribution is 5.47. The molecule has 1 aromatic heterocycles. The van der Waals surface area contributed by atoms with Gasteiger partial charge in [-0.05, 0) is 38.9 Å². The van der Waals surface area contributed by atoms with E-state index in [1.165, 1.54) is 0 Å². The van der Waals surface area contributed by atoms with Crippen LogP contribution in [0.25, 0.3) is 5.69 Å². The van der Waals surface area contributed by atoms with Crippen molar-refractivity contribution >= 4 is 0 Å². The first-order chi connectivity index (χ1) is 9.04. The van der Waals surface area contributed by atoms with Gasteiger partial charge in [-0.3, -0.25) is 4.79 Å². The number of para-hydroxylation sites is 1. The lowest BCUT2D eigenvalue weighted by atomic mass is 10.1. The fourth-order valence-electron chi connectivity index (χ4n) is 2.24. The van der Waals surface area contributed by atoms with E-state index in [4.69, 9.17) is 0 Å². The predicted octanol–water partition coefficient (Wildman–Crippen LogP) is 1.88. The molecule has 1 heterocycles. The standard InChI is InChI=1S/C15H19N3O/c1-10-6-5-7-11(2)15(10)18-12(3)8-14(19)13(17-18)9-16-4/h5-8,16H,9H2,1-4H3. The zero-order valence-corrected chi connectivity index (χ0v) is 11.8. The van der Waals surface area contributed by atoms with Crippen molar-refractivity contribution in [3.63, 3.8) is 0 Å². The third kappa shape index (κ3) is 2.58. The fourth-order valence-corrected chi connectivity index (χ4v) is 2.24. The number of hydrogen-bond donors (Lipinski definition) is 1. The van der Waals surface area contributed by atoms with Crippen LogP contribution in [0.15, 0.2) is 29.1 Å². The third-order valence-electron chi connectivity index (χ3n) is 3.17. The second-order valence-electron chi connectivity index (χ2n) is 4.78. The summed E-state index contributed by atoms with van der Waals surface area (Å²) in [6.07, 6.45) is 0. The van der Waals surface area contributed by atoms with Gasteiger partial charge in [0.25, 0.3) is 0 Å². The molecule has 1 N–H and O–H groups in total. The Morgan fingerprint density at radius 3 is 2.42 bits per heavy atom. The molecule has 1 aromatic carbocycles. The normalized spacial score (nSPS) is 10.7. The van der Waals surface area contributed by atoms with Crippen LogP contribution in [0.1, 0.15) is 22.5 Å². The number of nitrogens with zero attached hydrogens (tertiary/aromatic N) is 2. The van der Waals surface area contributed by atoms with Gasteiger partial charge in [-0.25, -0.2) is 4.68 Å². The van der Waals surface area contributed by atoms with E-state index in [9.17, 15) is 4.79 Å². The SMILES string of the molecule is CNCc1nn(-c2c(C)cccc2C)c(C)cc1=O. The molecule has 0 atom stereocenters. The molecule has 0 fully saturated rings. The molecule has 0 saturated carbocycles. The van der Waals surface area contributed by atoms with E-state index in [0.29, 0.717) is 12.2 Å². The van der Waals surface area contributed by atoms with Gasteiger partial charge >= 0.3 is 0 Å². The van der Waals surface area contributed by atoms with Gasteiger partial charge in [0.1, 0.15) is 5.69 Å². The lowest BCUT2D eigenvalue weighted by Crippen LogP contribution is -2.23. The molecule has 0 aliphatic heterocycles. The number of rotatable bonds is 3. The average Bonchev–Trinajstić information content (AvgIpc) is 2.34. The first-order valence-corrected chi connectivity index (χ1v) is 6.35. The van der Waals surface area contributed by atoms with Crippen molar-refractivity contribution < 1.29 is 0 Å². The Morgan fingerprint density at radius 2 is 1.84 bits per heavy atom. The van der Waals surface area contributed by atoms with E-state index >= 15 is 0 Å². The van der Waals surface area contributed by atoms with Crippen LogP contribution in [0.3, 0.4) is 0 Å². The van der Waals surface area contributed by atoms with Gasteiger partial charge in [-0.1, -0.05) is 18.2 Å². The van der Waals surface area contributed by atoms with Gasteiger partial charge in [0.15, 0.2) is 0 Å². The van der Waals surface area contributed by atoms with Gasteiger partial charge in [-0.15, -0.1) is 0 Å². The maximum atomic E-state index is 11.9. The molecule has 0 bridgehead atoms. The molecule has 2 aromatic rings. The van der Waals surface area contributed by atoms with Gasteiger partial charge in [0.2, 0.25) is 5.43 Å². The van der Waals surface area contributed by atoms with E-state index in [1.54, 1.807) is 6.07 Å². The molecule has 0 radical (unpaired) electrons. The summed E-state index contributed by atoms with van der Waals surface area (Å²) >= 11 is 0. The van der Waals surface area contributed by atoms with Crippen molar-refractivity contribution in [2.45, 2.75) is 27.3 Å². The highest BCUT2D eigenvalue weighted by atomic mass is 16.1. The molecule has 0 unspecified atom stereocenters. The van der Waals surface area contributed by atoms with Crippen molar-refractivity contribution in [2.24, 2.45) is 0 Å². The van der Waals surface area contributed by atoms with E-state index in [-0.39, 0.29) is 5.43 Å². The maximum Gasteiger partial charge on any atom is 0.204 e. The lowest BCUT2D eigenvalue weighted by Gasteiger charge is -2.15. The van der Waals surface area contributed by atoms with E-state index in [1.807, 2.05) is 24.7 Å². The Balaban J connectivity index is 2.68. The molecule has 0 amide bonds. The summed E-state index contributed by atoms with van der Waals surface area (Å²) < 4.78 is 1.86. The number of hydrogen-bond acceptors (Lipinski definition) is 3. The van der Waals surface area contributed by atoms with Crippen LogP contribution in [-0.4, -0.2) is 16.8 Å². The van der Waals surface area contributed by atoms with Crippen LogP contribution in [0.2, 0.25) is 0 Å². The van der Waals surface area contributed by atoms with Crippen LogP contribution in [0.4, 0.5) is 0 Å². The zero-order valence-electron chi connectivity index (χ0n) is 11.8. The van der Waals surface area contributed by atoms with Crippen LogP contribution < -0.4 is 10.7 Å². The highest BCUT2D eigenvalue weighted by Gasteiger charge is 2.10. The molecule has 0 aliphatic carbocycles. The third-order valence-corrected chi connectivity index (χ3v) is 3.17. The summed E-state index contributed by atoms with van der Waals surface area (Å²) in [6, 6.07) is 7.78. The van der Waals surface area contributed by atoms with Crippen molar-refractivity contribution in [3.8, 4) is 5.69 Å². The molecular weight excluding hydrogens is 238 g/mol. The van der Waals surface area contributed by atoms with E-state index in [0.717, 1.165) is 22.5 Å². The van der Waals surface area contributed by atoms with Gasteiger partial charge in [0.05, 0.1) is 5.69 Å². The van der Waals surface area contributed by atoms with Gasteiger partial charge in [-0.2, -0.15) is 5.10 Å². The van der Waals surface area contributed by atoms with Crippen LogP contribution in [-0.2, 0) is 6.54 Å². The van der Waals surface area contributed by atoms with Gasteiger partial charge in [0, 0.05) is 18.3 Å². The minimum atomic E-state index is -0.0191. The Bertz CT molecular complexity index is 639. The lowest BCUT2D eigenvalue weighted by molar-refractivity contribution is 0.700. The number of benzene rings is 1. The smallest absolute Gasteiger partial charge is 0.204 e. The summed E-state index contributed by atoms with van der Waals surface area (Å²) in [5.41, 5.74) is 4.72. The second kappa shape index (κ2) is 5.36. The Kier molecular flexibility index (Phi) is 3.81. The second-order valence-corrected chi connectivity index (χ2v) is 4.78. The van der Waals surface area contributed by atoms with Gasteiger partial charge < -0.3 is 5.32 Å². The van der Waals surface area contributed by atoms with E-state index in [2.05, 4.69) is 36.4 Å². The topological polar surface area (TPSA) is 46.9 Å². The van der Waals surface area contributed by atoms with Crippen LogP contribution >= 0.6 is 0 Å². The Hall–Kier alpha value is -1.94. The number of aryl methyl sites for hydroxylation is 3. The first kappa shape index (κ1) is 13.5. The summed E-state index contributed by atoms with van der Waals surface area (Å²) in [7, 11) is 1.81. The van der Waals surface area contributed by atoms with Crippen LogP contribution in [0.5, 0.6) is 0 Å². The summed E-state index contributed by atoms with van der Waals surface area (Å²) in [5, 5.41) is 7.47. The zero-order chi connectivity index (χ0) is 14.0. The summed E-state index contributed by atoms with van der Waals surface area (Å²) in [6.45, 7) is 6.49. The number of nitrogens with one attached hydrogen (secondary N) is 1. The largest absolute Gasteiger partial charge is 0.314 e. The molecule has 0 aliphatic rings. The van der Waals surface area contributed by atoms with E-state index < -0.39 is 0 Å². The number of aromatic nitrogens is 2. The molecule has 4 heteroatoms. The van der Waals surface area contributed by atoms with Crippen molar-refractivity contribution in [1.29, 1.82) is 0 Å². The van der Waals surface area contributed by atoms with Crippen molar-refractivity contribution in [1.82, 2.24) is 15.1 Å². The molecule has 0 spiro atoms. The Morgan fingerprint density at radius 1 is 1.21 bits per heavy atom. The highest BCUT2D eigenvalue weighted by Crippen LogP contribution is 2.18. The minimum absolute atomic E-state index is 0.0191. The molecule has 4 nitrogen and oxygen atoms in total. The quantitative estimate of drug-likeness (QED) is 0.913. The fraction of sp³-hybridized carbons (Fsp3) is 0.333. The molecule has 0 saturated heterocycles. The van der Waals surface area contributed by atoms with Crippen LogP contribution in [0, 0.1) is 20.8 Å². The molecule has 100 valence electrons. The molecular formula is C15H19N3O. The predicted molar refractivity (Wildman–Crippen MR) is 76.8 cm³/mol. The summed E-state index contributed by atoms with van der Waals surface area (Å²) in [4.78, 5) is 11.9. The minimum Gasteiger partial charge on any atom is -0.314 e. The Labute approximate surface area is 113 Å².